The summed E-state index contributed by atoms with van der Waals surface area (Å²) in [5, 5.41) is 17.8. The van der Waals surface area contributed by atoms with Crippen LogP contribution in [0.4, 0.5) is 5.69 Å². The number of benzene rings is 2. The highest BCUT2D eigenvalue weighted by Crippen LogP contribution is 2.40. The minimum atomic E-state index is -0.916. The number of rotatable bonds is 10. The molecule has 0 amide bonds. The van der Waals surface area contributed by atoms with Crippen molar-refractivity contribution < 1.29 is 33.5 Å². The van der Waals surface area contributed by atoms with Gasteiger partial charge < -0.3 is 29.6 Å². The molecule has 0 aromatic heterocycles. The van der Waals surface area contributed by atoms with Crippen LogP contribution in [-0.2, 0) is 19.1 Å². The van der Waals surface area contributed by atoms with Gasteiger partial charge >= 0.3 is 11.9 Å². The number of nitro benzene ring substituents is 1. The van der Waals surface area contributed by atoms with Crippen molar-refractivity contribution in [2.75, 3.05) is 26.3 Å². The van der Waals surface area contributed by atoms with E-state index in [-0.39, 0.29) is 29.5 Å². The summed E-state index contributed by atoms with van der Waals surface area (Å²) >= 11 is 0. The fraction of sp³-hybridized carbons (Fsp3) is 0.379. The van der Waals surface area contributed by atoms with Crippen molar-refractivity contribution in [2.24, 2.45) is 0 Å². The zero-order valence-corrected chi connectivity index (χ0v) is 22.9. The third kappa shape index (κ3) is 6.60. The lowest BCUT2D eigenvalue weighted by atomic mass is 9.80. The van der Waals surface area contributed by atoms with Crippen LogP contribution in [0.5, 0.6) is 11.5 Å². The molecule has 2 atom stereocenters. The topological polar surface area (TPSA) is 138 Å². The Balaban J connectivity index is 1.46. The van der Waals surface area contributed by atoms with Crippen LogP contribution in [0.2, 0.25) is 0 Å². The summed E-state index contributed by atoms with van der Waals surface area (Å²) in [6, 6.07) is 13.3. The highest BCUT2D eigenvalue weighted by Gasteiger charge is 2.38. The van der Waals surface area contributed by atoms with Crippen molar-refractivity contribution in [3.8, 4) is 11.5 Å². The van der Waals surface area contributed by atoms with Crippen molar-refractivity contribution in [2.45, 2.75) is 45.8 Å². The van der Waals surface area contributed by atoms with Crippen LogP contribution in [0.15, 0.2) is 71.1 Å². The van der Waals surface area contributed by atoms with Gasteiger partial charge in [-0.2, -0.15) is 0 Å². The fourth-order valence-electron chi connectivity index (χ4n) is 4.68. The molecule has 11 nitrogen and oxygen atoms in total. The van der Waals surface area contributed by atoms with Crippen LogP contribution < -0.4 is 20.1 Å². The molecule has 0 spiro atoms. The number of non-ortho nitro benzene ring substituents is 1. The van der Waals surface area contributed by atoms with E-state index in [2.05, 4.69) is 10.6 Å². The first-order chi connectivity index (χ1) is 19.2. The first kappa shape index (κ1) is 28.6. The molecule has 0 aliphatic carbocycles. The summed E-state index contributed by atoms with van der Waals surface area (Å²) in [4.78, 5) is 37.5. The second-order valence-electron chi connectivity index (χ2n) is 9.78. The molecule has 2 aromatic rings. The van der Waals surface area contributed by atoms with Gasteiger partial charge in [0.1, 0.15) is 19.3 Å². The summed E-state index contributed by atoms with van der Waals surface area (Å²) in [5.74, 6) is -0.789. The molecule has 40 heavy (non-hydrogen) atoms. The number of esters is 2. The van der Waals surface area contributed by atoms with E-state index in [1.165, 1.54) is 18.2 Å². The van der Waals surface area contributed by atoms with Crippen LogP contribution in [-0.4, -0.2) is 55.4 Å². The molecular weight excluding hydrogens is 518 g/mol. The van der Waals surface area contributed by atoms with E-state index in [1.54, 1.807) is 33.8 Å². The minimum absolute atomic E-state index is 0.0515. The van der Waals surface area contributed by atoms with Crippen LogP contribution >= 0.6 is 0 Å². The van der Waals surface area contributed by atoms with Gasteiger partial charge in [-0.3, -0.25) is 10.1 Å². The van der Waals surface area contributed by atoms with E-state index in [9.17, 15) is 19.7 Å². The normalized spacial score (nSPS) is 18.3. The van der Waals surface area contributed by atoms with Gasteiger partial charge in [-0.05, 0) is 45.4 Å². The number of ether oxygens (including phenoxy) is 4. The van der Waals surface area contributed by atoms with Crippen molar-refractivity contribution >= 4 is 17.6 Å². The number of allylic oxidation sites excluding steroid dienone is 2. The Bertz CT molecular complexity index is 1350. The molecule has 2 unspecified atom stereocenters. The predicted molar refractivity (Wildman–Crippen MR) is 146 cm³/mol. The molecule has 0 bridgehead atoms. The van der Waals surface area contributed by atoms with E-state index in [1.807, 2.05) is 24.3 Å². The Morgan fingerprint density at radius 2 is 1.77 bits per heavy atom. The smallest absolute Gasteiger partial charge is 0.337 e. The second-order valence-corrected chi connectivity index (χ2v) is 9.78. The standard InChI is InChI=1S/C29H33N3O8/c1-17(2)39-29(34)26-19(4)31-18(3)25(27(26)20-8-7-9-21(14-20)32(35)36)28(33)37-13-12-30-15-22-16-38-23-10-5-6-11-24(23)40-22/h5-11,14,17,22,27,30-31H,12-13,15-16H2,1-4H3. The molecule has 2 aliphatic rings. The molecule has 2 N–H and O–H groups in total. The Hall–Kier alpha value is -4.38. The van der Waals surface area contributed by atoms with Gasteiger partial charge in [-0.1, -0.05) is 24.3 Å². The van der Waals surface area contributed by atoms with Crippen LogP contribution in [0.25, 0.3) is 0 Å². The zero-order chi connectivity index (χ0) is 28.8. The second kappa shape index (κ2) is 12.6. The lowest BCUT2D eigenvalue weighted by Crippen LogP contribution is -2.39. The molecular formula is C29H33N3O8. The average molecular weight is 552 g/mol. The third-order valence-electron chi connectivity index (χ3n) is 6.41. The Morgan fingerprint density at radius 3 is 2.48 bits per heavy atom. The fourth-order valence-corrected chi connectivity index (χ4v) is 4.68. The number of hydrogen-bond acceptors (Lipinski definition) is 10. The number of nitro groups is 1. The number of para-hydroxylation sites is 2. The number of nitrogens with one attached hydrogen (secondary N) is 2. The van der Waals surface area contributed by atoms with Crippen molar-refractivity contribution in [3.63, 3.8) is 0 Å². The summed E-state index contributed by atoms with van der Waals surface area (Å²) in [6.45, 7) is 8.13. The molecule has 0 radical (unpaired) electrons. The largest absolute Gasteiger partial charge is 0.486 e. The number of carbonyl (C=O) groups is 2. The molecule has 4 rings (SSSR count). The van der Waals surface area contributed by atoms with Gasteiger partial charge in [0, 0.05) is 36.6 Å². The SMILES string of the molecule is CC1=C(C(=O)OCCNCC2COc3ccccc3O2)C(c2cccc([N+](=O)[O-])c2)C(C(=O)OC(C)C)=C(C)N1. The lowest BCUT2D eigenvalue weighted by molar-refractivity contribution is -0.384. The number of nitrogens with zero attached hydrogens (tertiary/aromatic N) is 1. The number of carbonyl (C=O) groups excluding carboxylic acids is 2. The Morgan fingerprint density at radius 1 is 1.07 bits per heavy atom. The molecule has 0 fully saturated rings. The predicted octanol–water partition coefficient (Wildman–Crippen LogP) is 3.75. The highest BCUT2D eigenvalue weighted by molar-refractivity contribution is 6.00. The van der Waals surface area contributed by atoms with Crippen molar-refractivity contribution in [1.82, 2.24) is 10.6 Å². The molecule has 0 saturated heterocycles. The van der Waals surface area contributed by atoms with E-state index >= 15 is 0 Å². The highest BCUT2D eigenvalue weighted by atomic mass is 16.6. The molecule has 2 heterocycles. The summed E-state index contributed by atoms with van der Waals surface area (Å²) in [5.41, 5.74) is 1.61. The minimum Gasteiger partial charge on any atom is -0.486 e. The third-order valence-corrected chi connectivity index (χ3v) is 6.41. The summed E-state index contributed by atoms with van der Waals surface area (Å²) < 4.78 is 22.7. The summed E-state index contributed by atoms with van der Waals surface area (Å²) in [6.07, 6.45) is -0.599. The first-order valence-corrected chi connectivity index (χ1v) is 13.1. The molecule has 212 valence electrons. The lowest BCUT2D eigenvalue weighted by Gasteiger charge is -2.31. The maximum atomic E-state index is 13.4. The molecule has 11 heteroatoms. The van der Waals surface area contributed by atoms with Gasteiger partial charge in [0.15, 0.2) is 11.5 Å². The maximum Gasteiger partial charge on any atom is 0.337 e. The van der Waals surface area contributed by atoms with Crippen LogP contribution in [0.3, 0.4) is 0 Å². The number of fused-ring (bicyclic) bond motifs is 1. The monoisotopic (exact) mass is 551 g/mol. The Kier molecular flexibility index (Phi) is 9.05. The molecule has 2 aliphatic heterocycles. The quantitative estimate of drug-likeness (QED) is 0.194. The number of hydrogen-bond donors (Lipinski definition) is 2. The van der Waals surface area contributed by atoms with Crippen LogP contribution in [0.1, 0.15) is 39.2 Å². The van der Waals surface area contributed by atoms with Crippen molar-refractivity contribution in [3.05, 3.63) is 86.7 Å². The molecule has 2 aromatic carbocycles. The van der Waals surface area contributed by atoms with Gasteiger partial charge in [-0.25, -0.2) is 9.59 Å². The van der Waals surface area contributed by atoms with E-state index in [0.29, 0.717) is 48.2 Å². The maximum absolute atomic E-state index is 13.4. The molecule has 0 saturated carbocycles. The summed E-state index contributed by atoms with van der Waals surface area (Å²) in [7, 11) is 0. The van der Waals surface area contributed by atoms with E-state index in [4.69, 9.17) is 18.9 Å². The number of dihydropyridines is 1. The van der Waals surface area contributed by atoms with Gasteiger partial charge in [0.2, 0.25) is 0 Å². The van der Waals surface area contributed by atoms with Crippen molar-refractivity contribution in [1.29, 1.82) is 0 Å². The van der Waals surface area contributed by atoms with Gasteiger partial charge in [0.25, 0.3) is 5.69 Å². The first-order valence-electron chi connectivity index (χ1n) is 13.1. The average Bonchev–Trinajstić information content (AvgIpc) is 2.91. The van der Waals surface area contributed by atoms with Crippen LogP contribution in [0, 0.1) is 10.1 Å². The van der Waals surface area contributed by atoms with E-state index in [0.717, 1.165) is 0 Å². The van der Waals surface area contributed by atoms with Gasteiger partial charge in [0.05, 0.1) is 28.1 Å². The Labute approximate surface area is 232 Å². The van der Waals surface area contributed by atoms with Gasteiger partial charge in [-0.15, -0.1) is 0 Å². The van der Waals surface area contributed by atoms with E-state index < -0.39 is 28.9 Å². The zero-order valence-electron chi connectivity index (χ0n) is 22.9.